The molecule has 0 spiro atoms. The summed E-state index contributed by atoms with van der Waals surface area (Å²) >= 11 is 6.45. The van der Waals surface area contributed by atoms with E-state index in [0.29, 0.717) is 23.4 Å². The monoisotopic (exact) mass is 614 g/mol. The predicted octanol–water partition coefficient (Wildman–Crippen LogP) is 6.42. The van der Waals surface area contributed by atoms with Crippen LogP contribution in [0.4, 0.5) is 23.1 Å². The van der Waals surface area contributed by atoms with Crippen LogP contribution in [0.1, 0.15) is 64.0 Å². The van der Waals surface area contributed by atoms with Gasteiger partial charge in [-0.3, -0.25) is 0 Å². The van der Waals surface area contributed by atoms with Crippen molar-refractivity contribution in [3.05, 3.63) is 58.7 Å². The Balaban J connectivity index is 1.60. The lowest BCUT2D eigenvalue weighted by atomic mass is 9.86. The molecule has 9 nitrogen and oxygen atoms in total. The van der Waals surface area contributed by atoms with Crippen LogP contribution in [0.3, 0.4) is 0 Å². The Morgan fingerprint density at radius 1 is 1.10 bits per heavy atom. The summed E-state index contributed by atoms with van der Waals surface area (Å²) in [5.41, 5.74) is 9.33. The number of nitrogens with two attached hydrogens (primary N) is 1. The van der Waals surface area contributed by atoms with Crippen LogP contribution in [-0.2, 0) is 9.84 Å². The third kappa shape index (κ3) is 7.72. The third-order valence-corrected chi connectivity index (χ3v) is 9.98. The lowest BCUT2D eigenvalue weighted by Gasteiger charge is -2.33. The van der Waals surface area contributed by atoms with E-state index in [1.165, 1.54) is 17.3 Å². The highest BCUT2D eigenvalue weighted by molar-refractivity contribution is 7.92. The summed E-state index contributed by atoms with van der Waals surface area (Å²) in [7, 11) is -3.53. The molecule has 3 aromatic rings. The first-order valence-corrected chi connectivity index (χ1v) is 16.5. The quantitative estimate of drug-likeness (QED) is 0.212. The van der Waals surface area contributed by atoms with Gasteiger partial charge in [-0.25, -0.2) is 13.4 Å². The smallest absolute Gasteiger partial charge is 0.229 e. The van der Waals surface area contributed by atoms with E-state index in [-0.39, 0.29) is 16.0 Å². The first-order valence-electron chi connectivity index (χ1n) is 14.6. The summed E-state index contributed by atoms with van der Waals surface area (Å²) in [4.78, 5) is 11.7. The molecule has 1 fully saturated rings. The first kappa shape index (κ1) is 32.0. The van der Waals surface area contributed by atoms with E-state index in [2.05, 4.69) is 44.6 Å². The van der Waals surface area contributed by atoms with Crippen molar-refractivity contribution in [2.24, 2.45) is 5.73 Å². The van der Waals surface area contributed by atoms with Crippen molar-refractivity contribution >= 4 is 44.6 Å². The van der Waals surface area contributed by atoms with Crippen molar-refractivity contribution in [1.82, 2.24) is 14.9 Å². The van der Waals surface area contributed by atoms with Crippen molar-refractivity contribution in [3.8, 4) is 5.75 Å². The molecule has 0 atom stereocenters. The molecule has 4 N–H and O–H groups in total. The molecule has 0 amide bonds. The van der Waals surface area contributed by atoms with Crippen LogP contribution in [-0.4, -0.2) is 60.8 Å². The van der Waals surface area contributed by atoms with Gasteiger partial charge in [0, 0.05) is 0 Å². The van der Waals surface area contributed by atoms with Gasteiger partial charge in [-0.15, -0.1) is 0 Å². The van der Waals surface area contributed by atoms with E-state index in [1.54, 1.807) is 38.1 Å². The number of aromatic nitrogens is 2. The van der Waals surface area contributed by atoms with Crippen molar-refractivity contribution in [2.45, 2.75) is 76.0 Å². The van der Waals surface area contributed by atoms with Crippen LogP contribution >= 0.6 is 11.6 Å². The molecule has 0 unspecified atom stereocenters. The maximum atomic E-state index is 13.0. The standard InChI is InChI=1S/C31H43ClN6O3S/c1-20(2)41-28-18-24(23-11-15-38(16-12-23)14-8-13-33)22(5)17-27(28)36-31-34-19-25(32)30(37-31)35-26-9-6-7-10-29(26)42(39,40)21(3)4/h6-7,9-10,17-21,23H,8,11-16,33H2,1-5H3,(H2,34,35,36,37). The zero-order chi connectivity index (χ0) is 30.4. The Hall–Kier alpha value is -2.92. The molecule has 0 bridgehead atoms. The number of ether oxygens (including phenoxy) is 1. The number of aryl methyl sites for hydroxylation is 1. The van der Waals surface area contributed by atoms with Crippen LogP contribution in [0, 0.1) is 6.92 Å². The Morgan fingerprint density at radius 3 is 2.48 bits per heavy atom. The lowest BCUT2D eigenvalue weighted by Crippen LogP contribution is -2.34. The molecule has 4 rings (SSSR count). The largest absolute Gasteiger partial charge is 0.489 e. The third-order valence-electron chi connectivity index (χ3n) is 7.49. The fourth-order valence-corrected chi connectivity index (χ4v) is 6.55. The van der Waals surface area contributed by atoms with Gasteiger partial charge in [0.1, 0.15) is 10.8 Å². The molecule has 2 heterocycles. The fraction of sp³-hybridized carbons (Fsp3) is 0.484. The summed E-state index contributed by atoms with van der Waals surface area (Å²) in [5, 5.41) is 6.11. The van der Waals surface area contributed by atoms with E-state index in [1.807, 2.05) is 13.8 Å². The maximum Gasteiger partial charge on any atom is 0.229 e. The number of anilines is 4. The number of para-hydroxylation sites is 1. The first-order chi connectivity index (χ1) is 20.0. The van der Waals surface area contributed by atoms with Crippen LogP contribution in [0.2, 0.25) is 5.02 Å². The Labute approximate surface area is 255 Å². The van der Waals surface area contributed by atoms with Gasteiger partial charge in [0.15, 0.2) is 15.7 Å². The summed E-state index contributed by atoms with van der Waals surface area (Å²) in [6.45, 7) is 13.4. The van der Waals surface area contributed by atoms with Crippen molar-refractivity contribution < 1.29 is 13.2 Å². The van der Waals surface area contributed by atoms with Gasteiger partial charge < -0.3 is 26.0 Å². The van der Waals surface area contributed by atoms with Crippen LogP contribution < -0.4 is 21.1 Å². The number of likely N-dealkylation sites (tertiary alicyclic amines) is 1. The Bertz CT molecular complexity index is 1470. The molecule has 1 aliphatic rings. The molecular formula is C31H43ClN6O3S. The van der Waals surface area contributed by atoms with Crippen LogP contribution in [0.15, 0.2) is 47.5 Å². The number of sulfone groups is 1. The molecular weight excluding hydrogens is 572 g/mol. The average molecular weight is 615 g/mol. The number of nitrogens with zero attached hydrogens (tertiary/aromatic N) is 3. The highest BCUT2D eigenvalue weighted by atomic mass is 35.5. The summed E-state index contributed by atoms with van der Waals surface area (Å²) < 4.78 is 32.2. The second kappa shape index (κ2) is 14.0. The number of hydrogen-bond acceptors (Lipinski definition) is 9. The minimum Gasteiger partial charge on any atom is -0.489 e. The molecule has 0 aliphatic carbocycles. The van der Waals surface area contributed by atoms with Crippen LogP contribution in [0.25, 0.3) is 0 Å². The van der Waals surface area contributed by atoms with E-state index in [4.69, 9.17) is 22.1 Å². The number of piperidine rings is 1. The SMILES string of the molecule is Cc1cc(Nc2ncc(Cl)c(Nc3ccccc3S(=O)(=O)C(C)C)n2)c(OC(C)C)cc1C1CCN(CCCN)CC1. The molecule has 0 saturated carbocycles. The number of rotatable bonds is 12. The molecule has 2 aromatic carbocycles. The molecule has 1 saturated heterocycles. The number of hydrogen-bond donors (Lipinski definition) is 3. The molecule has 42 heavy (non-hydrogen) atoms. The number of nitrogens with one attached hydrogen (secondary N) is 2. The summed E-state index contributed by atoms with van der Waals surface area (Å²) in [6.07, 6.45) is 4.69. The minimum atomic E-state index is -3.53. The summed E-state index contributed by atoms with van der Waals surface area (Å²) in [6, 6.07) is 11.0. The van der Waals surface area contributed by atoms with Crippen molar-refractivity contribution in [1.29, 1.82) is 0 Å². The number of halogens is 1. The van der Waals surface area contributed by atoms with E-state index in [0.717, 1.165) is 56.9 Å². The van der Waals surface area contributed by atoms with E-state index < -0.39 is 15.1 Å². The Morgan fingerprint density at radius 2 is 1.81 bits per heavy atom. The number of benzene rings is 2. The zero-order valence-electron chi connectivity index (χ0n) is 25.2. The van der Waals surface area contributed by atoms with E-state index >= 15 is 0 Å². The topological polar surface area (TPSA) is 122 Å². The predicted molar refractivity (Wildman–Crippen MR) is 171 cm³/mol. The normalized spacial score (nSPS) is 14.9. The van der Waals surface area contributed by atoms with Gasteiger partial charge in [-0.05, 0) is 121 Å². The molecule has 1 aliphatic heterocycles. The highest BCUT2D eigenvalue weighted by Crippen LogP contribution is 2.38. The van der Waals surface area contributed by atoms with Crippen LogP contribution in [0.5, 0.6) is 5.75 Å². The maximum absolute atomic E-state index is 13.0. The zero-order valence-corrected chi connectivity index (χ0v) is 26.7. The fourth-order valence-electron chi connectivity index (χ4n) is 5.21. The van der Waals surface area contributed by atoms with Gasteiger partial charge in [0.05, 0.1) is 33.8 Å². The van der Waals surface area contributed by atoms with Gasteiger partial charge in [0.25, 0.3) is 0 Å². The molecule has 0 radical (unpaired) electrons. The van der Waals surface area contributed by atoms with E-state index in [9.17, 15) is 8.42 Å². The van der Waals surface area contributed by atoms with Gasteiger partial charge in [-0.1, -0.05) is 23.7 Å². The minimum absolute atomic E-state index is 0.0259. The van der Waals surface area contributed by atoms with Gasteiger partial charge in [0.2, 0.25) is 5.95 Å². The second-order valence-corrected chi connectivity index (χ2v) is 14.2. The highest BCUT2D eigenvalue weighted by Gasteiger charge is 2.25. The molecule has 1 aromatic heterocycles. The Kier molecular flexibility index (Phi) is 10.7. The summed E-state index contributed by atoms with van der Waals surface area (Å²) in [5.74, 6) is 1.80. The lowest BCUT2D eigenvalue weighted by molar-refractivity contribution is 0.210. The average Bonchev–Trinajstić information content (AvgIpc) is 2.95. The van der Waals surface area contributed by atoms with Crippen molar-refractivity contribution in [3.63, 3.8) is 0 Å². The molecule has 11 heteroatoms. The van der Waals surface area contributed by atoms with Crippen molar-refractivity contribution in [2.75, 3.05) is 36.8 Å². The second-order valence-electron chi connectivity index (χ2n) is 11.4. The van der Waals surface area contributed by atoms with Gasteiger partial charge >= 0.3 is 0 Å². The van der Waals surface area contributed by atoms with Gasteiger partial charge in [-0.2, -0.15) is 4.98 Å². The molecule has 228 valence electrons.